The summed E-state index contributed by atoms with van der Waals surface area (Å²) in [5.41, 5.74) is 1.03. The summed E-state index contributed by atoms with van der Waals surface area (Å²) in [6.07, 6.45) is -1.92. The Kier molecular flexibility index (Phi) is 5.11. The van der Waals surface area contributed by atoms with Crippen LogP contribution in [-0.2, 0) is 25.6 Å². The predicted octanol–water partition coefficient (Wildman–Crippen LogP) is 1.63. The van der Waals surface area contributed by atoms with Crippen molar-refractivity contribution in [2.75, 3.05) is 0 Å². The molecule has 1 aliphatic heterocycles. The van der Waals surface area contributed by atoms with Crippen molar-refractivity contribution in [2.24, 2.45) is 0 Å². The minimum atomic E-state index is -0.925. The highest BCUT2D eigenvalue weighted by molar-refractivity contribution is 5.66. The summed E-state index contributed by atoms with van der Waals surface area (Å²) >= 11 is 0. The van der Waals surface area contributed by atoms with Crippen molar-refractivity contribution < 1.29 is 24.1 Å². The lowest BCUT2D eigenvalue weighted by Gasteiger charge is -2.37. The van der Waals surface area contributed by atoms with E-state index in [2.05, 4.69) is 0 Å². The van der Waals surface area contributed by atoms with Gasteiger partial charge in [-0.25, -0.2) is 0 Å². The van der Waals surface area contributed by atoms with Crippen LogP contribution in [-0.4, -0.2) is 35.7 Å². The molecular weight excluding hydrogens is 260 g/mol. The first-order valence-corrected chi connectivity index (χ1v) is 6.72. The quantitative estimate of drug-likeness (QED) is 0.849. The Labute approximate surface area is 118 Å². The van der Waals surface area contributed by atoms with Gasteiger partial charge in [-0.1, -0.05) is 30.3 Å². The summed E-state index contributed by atoms with van der Waals surface area (Å²) in [4.78, 5) is 11.1. The van der Waals surface area contributed by atoms with E-state index in [4.69, 9.17) is 14.2 Å². The van der Waals surface area contributed by atoms with Crippen molar-refractivity contribution in [2.45, 2.75) is 51.5 Å². The topological polar surface area (TPSA) is 65.0 Å². The molecule has 20 heavy (non-hydrogen) atoms. The first kappa shape index (κ1) is 15.0. The highest BCUT2D eigenvalue weighted by atomic mass is 16.6. The van der Waals surface area contributed by atoms with Gasteiger partial charge in [-0.2, -0.15) is 0 Å². The van der Waals surface area contributed by atoms with Crippen LogP contribution < -0.4 is 0 Å². The van der Waals surface area contributed by atoms with Crippen LogP contribution in [0.5, 0.6) is 0 Å². The third-order valence-corrected chi connectivity index (χ3v) is 3.24. The summed E-state index contributed by atoms with van der Waals surface area (Å²) in [5.74, 6) is -0.385. The van der Waals surface area contributed by atoms with Crippen LogP contribution in [0.1, 0.15) is 25.8 Å². The van der Waals surface area contributed by atoms with E-state index >= 15 is 0 Å². The minimum absolute atomic E-state index is 0.226. The third kappa shape index (κ3) is 4.03. The van der Waals surface area contributed by atoms with Crippen LogP contribution >= 0.6 is 0 Å². The molecule has 5 heteroatoms. The first-order chi connectivity index (χ1) is 9.56. The third-order valence-electron chi connectivity index (χ3n) is 3.24. The molecule has 0 unspecified atom stereocenters. The van der Waals surface area contributed by atoms with Crippen LogP contribution in [0.3, 0.4) is 0 Å². The number of hydrogen-bond donors (Lipinski definition) is 1. The SMILES string of the molecule is CC(=O)O[C@H]1C[C@@H](O)O[C@@H](C)[C@H]1OCc1ccccc1. The molecule has 1 aromatic carbocycles. The Morgan fingerprint density at radius 2 is 2.10 bits per heavy atom. The maximum atomic E-state index is 11.1. The smallest absolute Gasteiger partial charge is 0.302 e. The molecule has 2 rings (SSSR count). The molecule has 1 heterocycles. The predicted molar refractivity (Wildman–Crippen MR) is 71.7 cm³/mol. The Bertz CT molecular complexity index is 433. The van der Waals surface area contributed by atoms with Crippen molar-refractivity contribution in [3.05, 3.63) is 35.9 Å². The number of aliphatic hydroxyl groups excluding tert-OH is 1. The zero-order valence-electron chi connectivity index (χ0n) is 11.7. The maximum absolute atomic E-state index is 11.1. The number of carbonyl (C=O) groups is 1. The van der Waals surface area contributed by atoms with Gasteiger partial charge in [0.2, 0.25) is 0 Å². The Morgan fingerprint density at radius 1 is 1.40 bits per heavy atom. The standard InChI is InChI=1S/C15H20O5/c1-10-15(18-9-12-6-4-3-5-7-12)13(20-11(2)16)8-14(17)19-10/h3-7,10,13-15,17H,8-9H2,1-2H3/t10-,13-,14-,15+/m0/s1. The van der Waals surface area contributed by atoms with Crippen LogP contribution in [0.4, 0.5) is 0 Å². The van der Waals surface area contributed by atoms with E-state index < -0.39 is 12.4 Å². The lowest BCUT2D eigenvalue weighted by Crippen LogP contribution is -2.49. The zero-order chi connectivity index (χ0) is 14.5. The monoisotopic (exact) mass is 280 g/mol. The zero-order valence-corrected chi connectivity index (χ0v) is 11.7. The molecule has 4 atom stereocenters. The van der Waals surface area contributed by atoms with Crippen molar-refractivity contribution in [1.29, 1.82) is 0 Å². The van der Waals surface area contributed by atoms with Gasteiger partial charge in [0.1, 0.15) is 12.2 Å². The number of aliphatic hydroxyl groups is 1. The molecule has 1 fully saturated rings. The van der Waals surface area contributed by atoms with E-state index in [1.165, 1.54) is 6.92 Å². The summed E-state index contributed by atoms with van der Waals surface area (Å²) < 4.78 is 16.4. The van der Waals surface area contributed by atoms with Gasteiger partial charge in [-0.15, -0.1) is 0 Å². The van der Waals surface area contributed by atoms with E-state index in [0.717, 1.165) is 5.56 Å². The number of rotatable bonds is 4. The van der Waals surface area contributed by atoms with E-state index in [9.17, 15) is 9.90 Å². The molecule has 1 aliphatic rings. The lowest BCUT2D eigenvalue weighted by molar-refractivity contribution is -0.245. The van der Waals surface area contributed by atoms with Gasteiger partial charge in [0, 0.05) is 13.3 Å². The average molecular weight is 280 g/mol. The van der Waals surface area contributed by atoms with Crippen LogP contribution in [0.25, 0.3) is 0 Å². The number of hydrogen-bond acceptors (Lipinski definition) is 5. The van der Waals surface area contributed by atoms with Crippen molar-refractivity contribution in [1.82, 2.24) is 0 Å². The Balaban J connectivity index is 1.99. The fraction of sp³-hybridized carbons (Fsp3) is 0.533. The largest absolute Gasteiger partial charge is 0.459 e. The fourth-order valence-corrected chi connectivity index (χ4v) is 2.35. The molecule has 0 saturated carbocycles. The van der Waals surface area contributed by atoms with E-state index in [-0.39, 0.29) is 24.6 Å². The van der Waals surface area contributed by atoms with E-state index in [1.54, 1.807) is 6.92 Å². The highest BCUT2D eigenvalue weighted by Crippen LogP contribution is 2.25. The summed E-state index contributed by atoms with van der Waals surface area (Å²) in [5, 5.41) is 9.60. The molecule has 1 N–H and O–H groups in total. The normalized spacial score (nSPS) is 29.9. The molecule has 5 nitrogen and oxygen atoms in total. The van der Waals surface area contributed by atoms with Gasteiger partial charge in [-0.05, 0) is 12.5 Å². The molecule has 1 saturated heterocycles. The molecule has 110 valence electrons. The molecule has 1 aromatic rings. The van der Waals surface area contributed by atoms with Gasteiger partial charge < -0.3 is 19.3 Å². The van der Waals surface area contributed by atoms with Crippen molar-refractivity contribution >= 4 is 5.97 Å². The number of ether oxygens (including phenoxy) is 3. The number of benzene rings is 1. The lowest BCUT2D eigenvalue weighted by atomic mass is 10.0. The van der Waals surface area contributed by atoms with E-state index in [0.29, 0.717) is 6.61 Å². The molecule has 0 radical (unpaired) electrons. The highest BCUT2D eigenvalue weighted by Gasteiger charge is 2.38. The van der Waals surface area contributed by atoms with Crippen molar-refractivity contribution in [3.63, 3.8) is 0 Å². The first-order valence-electron chi connectivity index (χ1n) is 6.72. The van der Waals surface area contributed by atoms with Gasteiger partial charge in [-0.3, -0.25) is 4.79 Å². The summed E-state index contributed by atoms with van der Waals surface area (Å²) in [6.45, 7) is 3.56. The second-order valence-corrected chi connectivity index (χ2v) is 4.94. The molecule has 0 bridgehead atoms. The van der Waals surface area contributed by atoms with Crippen molar-refractivity contribution in [3.8, 4) is 0 Å². The molecule has 0 aliphatic carbocycles. The average Bonchev–Trinajstić information content (AvgIpc) is 2.38. The molecular formula is C15H20O5. The molecule has 0 spiro atoms. The van der Waals surface area contributed by atoms with Crippen LogP contribution in [0.15, 0.2) is 30.3 Å². The van der Waals surface area contributed by atoms with Crippen LogP contribution in [0, 0.1) is 0 Å². The Morgan fingerprint density at radius 3 is 2.75 bits per heavy atom. The van der Waals surface area contributed by atoms with Gasteiger partial charge >= 0.3 is 5.97 Å². The molecule has 0 amide bonds. The van der Waals surface area contributed by atoms with Crippen LogP contribution in [0.2, 0.25) is 0 Å². The van der Waals surface area contributed by atoms with Gasteiger partial charge in [0.05, 0.1) is 12.7 Å². The summed E-state index contributed by atoms with van der Waals surface area (Å²) in [6, 6.07) is 9.74. The number of carbonyl (C=O) groups excluding carboxylic acids is 1. The minimum Gasteiger partial charge on any atom is -0.459 e. The fourth-order valence-electron chi connectivity index (χ4n) is 2.35. The maximum Gasteiger partial charge on any atom is 0.302 e. The second kappa shape index (κ2) is 6.83. The molecule has 0 aromatic heterocycles. The summed E-state index contributed by atoms with van der Waals surface area (Å²) in [7, 11) is 0. The van der Waals surface area contributed by atoms with Gasteiger partial charge in [0.25, 0.3) is 0 Å². The van der Waals surface area contributed by atoms with E-state index in [1.807, 2.05) is 30.3 Å². The number of esters is 1. The van der Waals surface area contributed by atoms with Gasteiger partial charge in [0.15, 0.2) is 6.29 Å². The second-order valence-electron chi connectivity index (χ2n) is 4.94. The Hall–Kier alpha value is -1.43.